The summed E-state index contributed by atoms with van der Waals surface area (Å²) in [6.45, 7) is 1.49. The SMILES string of the molecule is Fc1cccc(Cl)c1C[C@H]1COCC[C@@H]1NC1CC1. The molecule has 0 amide bonds. The molecule has 19 heavy (non-hydrogen) atoms. The van der Waals surface area contributed by atoms with Crippen LogP contribution in [0, 0.1) is 11.7 Å². The maximum absolute atomic E-state index is 13.9. The lowest BCUT2D eigenvalue weighted by Gasteiger charge is -2.32. The minimum Gasteiger partial charge on any atom is -0.381 e. The normalized spacial score (nSPS) is 27.5. The van der Waals surface area contributed by atoms with Gasteiger partial charge in [-0.15, -0.1) is 0 Å². The van der Waals surface area contributed by atoms with Crippen molar-refractivity contribution >= 4 is 11.6 Å². The van der Waals surface area contributed by atoms with Crippen LogP contribution < -0.4 is 5.32 Å². The maximum Gasteiger partial charge on any atom is 0.127 e. The molecule has 1 N–H and O–H groups in total. The molecule has 2 fully saturated rings. The number of ether oxygens (including phenoxy) is 1. The Balaban J connectivity index is 1.71. The van der Waals surface area contributed by atoms with Gasteiger partial charge in [-0.25, -0.2) is 4.39 Å². The highest BCUT2D eigenvalue weighted by Gasteiger charge is 2.32. The summed E-state index contributed by atoms with van der Waals surface area (Å²) in [5.41, 5.74) is 0.627. The van der Waals surface area contributed by atoms with Gasteiger partial charge in [-0.3, -0.25) is 0 Å². The monoisotopic (exact) mass is 283 g/mol. The minimum absolute atomic E-state index is 0.205. The van der Waals surface area contributed by atoms with Gasteiger partial charge in [0.25, 0.3) is 0 Å². The van der Waals surface area contributed by atoms with E-state index in [0.717, 1.165) is 13.0 Å². The van der Waals surface area contributed by atoms with Crippen LogP contribution in [0.2, 0.25) is 5.02 Å². The average Bonchev–Trinajstić information content (AvgIpc) is 3.20. The number of benzene rings is 1. The molecule has 2 aliphatic rings. The zero-order valence-electron chi connectivity index (χ0n) is 10.9. The van der Waals surface area contributed by atoms with Gasteiger partial charge in [0, 0.05) is 35.2 Å². The van der Waals surface area contributed by atoms with Crippen LogP contribution in [0.5, 0.6) is 0 Å². The van der Waals surface area contributed by atoms with Crippen LogP contribution in [0.1, 0.15) is 24.8 Å². The summed E-state index contributed by atoms with van der Waals surface area (Å²) in [5.74, 6) is 0.104. The molecule has 1 saturated carbocycles. The van der Waals surface area contributed by atoms with E-state index in [1.54, 1.807) is 12.1 Å². The van der Waals surface area contributed by atoms with E-state index in [9.17, 15) is 4.39 Å². The number of nitrogens with one attached hydrogen (secondary N) is 1. The Kier molecular flexibility index (Phi) is 4.06. The first-order valence-corrected chi connectivity index (χ1v) is 7.38. The van der Waals surface area contributed by atoms with Gasteiger partial charge in [0.05, 0.1) is 6.61 Å². The Morgan fingerprint density at radius 3 is 2.89 bits per heavy atom. The summed E-state index contributed by atoms with van der Waals surface area (Å²) in [7, 11) is 0. The van der Waals surface area contributed by atoms with Crippen LogP contribution in [-0.4, -0.2) is 25.3 Å². The summed E-state index contributed by atoms with van der Waals surface area (Å²) in [6.07, 6.45) is 4.19. The molecule has 2 nitrogen and oxygen atoms in total. The Morgan fingerprint density at radius 2 is 2.16 bits per heavy atom. The molecule has 0 aromatic heterocycles. The average molecular weight is 284 g/mol. The molecule has 0 unspecified atom stereocenters. The number of rotatable bonds is 4. The molecule has 1 saturated heterocycles. The molecule has 1 aromatic rings. The summed E-state index contributed by atoms with van der Waals surface area (Å²) < 4.78 is 19.4. The number of hydrogen-bond donors (Lipinski definition) is 1. The van der Waals surface area contributed by atoms with E-state index in [2.05, 4.69) is 5.32 Å². The lowest BCUT2D eigenvalue weighted by Crippen LogP contribution is -2.44. The van der Waals surface area contributed by atoms with Crippen LogP contribution >= 0.6 is 11.6 Å². The fourth-order valence-corrected chi connectivity index (χ4v) is 3.00. The third-order valence-corrected chi connectivity index (χ3v) is 4.38. The van der Waals surface area contributed by atoms with Crippen molar-refractivity contribution in [3.63, 3.8) is 0 Å². The van der Waals surface area contributed by atoms with E-state index in [0.29, 0.717) is 41.6 Å². The molecule has 1 heterocycles. The lowest BCUT2D eigenvalue weighted by atomic mass is 9.89. The summed E-state index contributed by atoms with van der Waals surface area (Å²) >= 11 is 6.11. The van der Waals surface area contributed by atoms with Gasteiger partial charge in [0.2, 0.25) is 0 Å². The van der Waals surface area contributed by atoms with Gasteiger partial charge >= 0.3 is 0 Å². The molecule has 104 valence electrons. The van der Waals surface area contributed by atoms with Crippen molar-refractivity contribution < 1.29 is 9.13 Å². The second kappa shape index (κ2) is 5.78. The fraction of sp³-hybridized carbons (Fsp3) is 0.600. The first-order valence-electron chi connectivity index (χ1n) is 7.00. The highest BCUT2D eigenvalue weighted by molar-refractivity contribution is 6.31. The Labute approximate surface area is 118 Å². The van der Waals surface area contributed by atoms with E-state index in [1.807, 2.05) is 0 Å². The first-order chi connectivity index (χ1) is 9.24. The zero-order chi connectivity index (χ0) is 13.2. The third-order valence-electron chi connectivity index (χ3n) is 4.03. The Morgan fingerprint density at radius 1 is 1.32 bits per heavy atom. The Bertz CT molecular complexity index is 430. The Hall–Kier alpha value is -0.640. The van der Waals surface area contributed by atoms with Crippen LogP contribution in [0.25, 0.3) is 0 Å². The van der Waals surface area contributed by atoms with Crippen molar-refractivity contribution in [1.82, 2.24) is 5.32 Å². The van der Waals surface area contributed by atoms with Crippen molar-refractivity contribution in [2.24, 2.45) is 5.92 Å². The zero-order valence-corrected chi connectivity index (χ0v) is 11.6. The van der Waals surface area contributed by atoms with Crippen molar-refractivity contribution in [1.29, 1.82) is 0 Å². The van der Waals surface area contributed by atoms with Crippen LogP contribution in [-0.2, 0) is 11.2 Å². The topological polar surface area (TPSA) is 21.3 Å². The fourth-order valence-electron chi connectivity index (χ4n) is 2.76. The molecule has 0 spiro atoms. The number of hydrogen-bond acceptors (Lipinski definition) is 2. The predicted octanol–water partition coefficient (Wildman–Crippen LogP) is 3.18. The van der Waals surface area contributed by atoms with Gasteiger partial charge in [0.15, 0.2) is 0 Å². The second-order valence-corrected chi connectivity index (χ2v) is 5.98. The van der Waals surface area contributed by atoms with E-state index in [-0.39, 0.29) is 5.82 Å². The van der Waals surface area contributed by atoms with Gasteiger partial charge in [-0.05, 0) is 37.8 Å². The highest BCUT2D eigenvalue weighted by Crippen LogP contribution is 2.28. The molecular weight excluding hydrogens is 265 g/mol. The van der Waals surface area contributed by atoms with Crippen LogP contribution in [0.3, 0.4) is 0 Å². The van der Waals surface area contributed by atoms with Crippen molar-refractivity contribution in [3.05, 3.63) is 34.6 Å². The smallest absolute Gasteiger partial charge is 0.127 e. The molecular formula is C15H19ClFNO. The van der Waals surface area contributed by atoms with E-state index >= 15 is 0 Å². The molecule has 1 aliphatic heterocycles. The lowest BCUT2D eigenvalue weighted by molar-refractivity contribution is 0.0314. The standard InChI is InChI=1S/C15H19ClFNO/c16-13-2-1-3-14(17)12(13)8-10-9-19-7-6-15(10)18-11-4-5-11/h1-3,10-11,15,18H,4-9H2/t10-,15-/m0/s1. The predicted molar refractivity (Wildman–Crippen MR) is 74.0 cm³/mol. The summed E-state index contributed by atoms with van der Waals surface area (Å²) in [4.78, 5) is 0. The third kappa shape index (κ3) is 3.28. The molecule has 0 radical (unpaired) electrons. The van der Waals surface area contributed by atoms with E-state index in [4.69, 9.17) is 16.3 Å². The second-order valence-electron chi connectivity index (χ2n) is 5.58. The highest BCUT2D eigenvalue weighted by atomic mass is 35.5. The van der Waals surface area contributed by atoms with Gasteiger partial charge in [0.1, 0.15) is 5.82 Å². The molecule has 1 aliphatic carbocycles. The molecule has 1 aromatic carbocycles. The van der Waals surface area contributed by atoms with E-state index < -0.39 is 0 Å². The maximum atomic E-state index is 13.9. The summed E-state index contributed by atoms with van der Waals surface area (Å²) in [6, 6.07) is 5.98. The van der Waals surface area contributed by atoms with Gasteiger partial charge in [-0.1, -0.05) is 17.7 Å². The van der Waals surface area contributed by atoms with Crippen molar-refractivity contribution in [2.45, 2.75) is 37.8 Å². The first kappa shape index (κ1) is 13.3. The molecule has 4 heteroatoms. The molecule has 0 bridgehead atoms. The van der Waals surface area contributed by atoms with Crippen LogP contribution in [0.15, 0.2) is 18.2 Å². The molecule has 3 rings (SSSR count). The van der Waals surface area contributed by atoms with Gasteiger partial charge in [-0.2, -0.15) is 0 Å². The number of halogens is 2. The van der Waals surface area contributed by atoms with E-state index in [1.165, 1.54) is 18.9 Å². The largest absolute Gasteiger partial charge is 0.381 e. The van der Waals surface area contributed by atoms with Crippen molar-refractivity contribution in [2.75, 3.05) is 13.2 Å². The van der Waals surface area contributed by atoms with Crippen molar-refractivity contribution in [3.8, 4) is 0 Å². The molecule has 2 atom stereocenters. The van der Waals surface area contributed by atoms with Crippen LogP contribution in [0.4, 0.5) is 4.39 Å². The minimum atomic E-state index is -0.205. The quantitative estimate of drug-likeness (QED) is 0.916. The summed E-state index contributed by atoms with van der Waals surface area (Å²) in [5, 5.41) is 4.18. The van der Waals surface area contributed by atoms with Gasteiger partial charge < -0.3 is 10.1 Å².